The number of carbonyl (C=O) groups is 1. The minimum atomic E-state index is -0.219. The molecule has 0 saturated heterocycles. The van der Waals surface area contributed by atoms with Crippen molar-refractivity contribution in [3.63, 3.8) is 0 Å². The standard InChI is InChI=1S/C14H12N2O2/c1-15-14(17)13-5-4-12(18-13)10-2-3-11-9(8-10)6-7-16-11/h2-8,16H,1H3,(H,15,17). The Morgan fingerprint density at radius 1 is 1.22 bits per heavy atom. The normalized spacial score (nSPS) is 10.7. The molecule has 3 rings (SSSR count). The summed E-state index contributed by atoms with van der Waals surface area (Å²) >= 11 is 0. The predicted octanol–water partition coefficient (Wildman–Crippen LogP) is 2.79. The number of hydrogen-bond acceptors (Lipinski definition) is 2. The highest BCUT2D eigenvalue weighted by Gasteiger charge is 2.10. The molecule has 2 N–H and O–H groups in total. The Bertz CT molecular complexity index is 709. The van der Waals surface area contributed by atoms with Crippen LogP contribution in [-0.2, 0) is 0 Å². The van der Waals surface area contributed by atoms with Gasteiger partial charge < -0.3 is 14.7 Å². The molecular weight excluding hydrogens is 228 g/mol. The van der Waals surface area contributed by atoms with Crippen LogP contribution in [0.15, 0.2) is 47.0 Å². The van der Waals surface area contributed by atoms with Gasteiger partial charge in [-0.15, -0.1) is 0 Å². The average Bonchev–Trinajstić information content (AvgIpc) is 3.05. The first-order valence-corrected chi connectivity index (χ1v) is 5.67. The zero-order chi connectivity index (χ0) is 12.5. The second-order valence-corrected chi connectivity index (χ2v) is 4.02. The molecule has 0 fully saturated rings. The lowest BCUT2D eigenvalue weighted by molar-refractivity contribution is 0.0936. The molecule has 0 saturated carbocycles. The molecule has 4 nitrogen and oxygen atoms in total. The van der Waals surface area contributed by atoms with Crippen molar-refractivity contribution in [2.75, 3.05) is 7.05 Å². The summed E-state index contributed by atoms with van der Waals surface area (Å²) in [5.41, 5.74) is 2.04. The molecule has 0 aliphatic carbocycles. The minimum absolute atomic E-state index is 0.219. The predicted molar refractivity (Wildman–Crippen MR) is 69.4 cm³/mol. The molecule has 4 heteroatoms. The summed E-state index contributed by atoms with van der Waals surface area (Å²) < 4.78 is 5.53. The summed E-state index contributed by atoms with van der Waals surface area (Å²) in [4.78, 5) is 14.6. The van der Waals surface area contributed by atoms with Gasteiger partial charge >= 0.3 is 0 Å². The number of H-pyrrole nitrogens is 1. The van der Waals surface area contributed by atoms with Crippen LogP contribution in [0.1, 0.15) is 10.6 Å². The molecule has 2 heterocycles. The van der Waals surface area contributed by atoms with E-state index < -0.39 is 0 Å². The van der Waals surface area contributed by atoms with Crippen LogP contribution in [0.2, 0.25) is 0 Å². The minimum Gasteiger partial charge on any atom is -0.451 e. The maximum atomic E-state index is 11.4. The molecule has 0 bridgehead atoms. The van der Waals surface area contributed by atoms with Crippen LogP contribution in [0.3, 0.4) is 0 Å². The van der Waals surface area contributed by atoms with Gasteiger partial charge in [0.05, 0.1) is 0 Å². The largest absolute Gasteiger partial charge is 0.451 e. The van der Waals surface area contributed by atoms with Gasteiger partial charge in [-0.25, -0.2) is 0 Å². The van der Waals surface area contributed by atoms with Crippen LogP contribution in [-0.4, -0.2) is 17.9 Å². The van der Waals surface area contributed by atoms with Crippen LogP contribution in [0.5, 0.6) is 0 Å². The topological polar surface area (TPSA) is 58.0 Å². The van der Waals surface area contributed by atoms with E-state index in [2.05, 4.69) is 10.3 Å². The fourth-order valence-electron chi connectivity index (χ4n) is 1.94. The lowest BCUT2D eigenvalue weighted by atomic mass is 10.1. The van der Waals surface area contributed by atoms with Gasteiger partial charge in [0.1, 0.15) is 5.76 Å². The molecular formula is C14H12N2O2. The first-order valence-electron chi connectivity index (χ1n) is 5.67. The Labute approximate surface area is 104 Å². The van der Waals surface area contributed by atoms with Gasteiger partial charge in [-0.05, 0) is 36.4 Å². The zero-order valence-electron chi connectivity index (χ0n) is 9.86. The first kappa shape index (κ1) is 10.7. The number of benzene rings is 1. The van der Waals surface area contributed by atoms with Crippen LogP contribution >= 0.6 is 0 Å². The van der Waals surface area contributed by atoms with E-state index in [9.17, 15) is 4.79 Å². The Morgan fingerprint density at radius 3 is 2.94 bits per heavy atom. The van der Waals surface area contributed by atoms with Gasteiger partial charge in [0, 0.05) is 29.7 Å². The van der Waals surface area contributed by atoms with Crippen molar-refractivity contribution >= 4 is 16.8 Å². The highest BCUT2D eigenvalue weighted by molar-refractivity contribution is 5.92. The fraction of sp³-hybridized carbons (Fsp3) is 0.0714. The van der Waals surface area contributed by atoms with Crippen LogP contribution in [0, 0.1) is 0 Å². The third-order valence-electron chi connectivity index (χ3n) is 2.89. The van der Waals surface area contributed by atoms with Gasteiger partial charge in [-0.2, -0.15) is 0 Å². The second kappa shape index (κ2) is 4.07. The second-order valence-electron chi connectivity index (χ2n) is 4.02. The summed E-state index contributed by atoms with van der Waals surface area (Å²) in [6.45, 7) is 0. The van der Waals surface area contributed by atoms with E-state index in [0.717, 1.165) is 16.5 Å². The Balaban J connectivity index is 2.03. The average molecular weight is 240 g/mol. The molecule has 1 aromatic carbocycles. The third kappa shape index (κ3) is 1.68. The van der Waals surface area contributed by atoms with Crippen molar-refractivity contribution in [2.45, 2.75) is 0 Å². The molecule has 0 spiro atoms. The summed E-state index contributed by atoms with van der Waals surface area (Å²) in [5.74, 6) is 0.794. The van der Waals surface area contributed by atoms with Gasteiger partial charge in [0.25, 0.3) is 5.91 Å². The zero-order valence-corrected chi connectivity index (χ0v) is 9.86. The first-order chi connectivity index (χ1) is 8.78. The Hall–Kier alpha value is -2.49. The molecule has 90 valence electrons. The van der Waals surface area contributed by atoms with E-state index in [1.807, 2.05) is 30.5 Å². The number of fused-ring (bicyclic) bond motifs is 1. The smallest absolute Gasteiger partial charge is 0.286 e. The van der Waals surface area contributed by atoms with E-state index in [4.69, 9.17) is 4.42 Å². The molecule has 0 unspecified atom stereocenters. The number of carbonyl (C=O) groups excluding carboxylic acids is 1. The van der Waals surface area contributed by atoms with Gasteiger partial charge in [0.2, 0.25) is 0 Å². The summed E-state index contributed by atoms with van der Waals surface area (Å²) in [6.07, 6.45) is 1.90. The molecule has 0 aliphatic heterocycles. The number of rotatable bonds is 2. The number of hydrogen-bond donors (Lipinski definition) is 2. The molecule has 3 aromatic rings. The SMILES string of the molecule is CNC(=O)c1ccc(-c2ccc3[nH]ccc3c2)o1. The van der Waals surface area contributed by atoms with Crippen molar-refractivity contribution in [2.24, 2.45) is 0 Å². The van der Waals surface area contributed by atoms with Crippen LogP contribution < -0.4 is 5.32 Å². The molecule has 0 atom stereocenters. The Kier molecular flexibility index (Phi) is 2.41. The number of aromatic nitrogens is 1. The lowest BCUT2D eigenvalue weighted by Crippen LogP contribution is -2.16. The molecule has 18 heavy (non-hydrogen) atoms. The number of furan rings is 1. The summed E-state index contributed by atoms with van der Waals surface area (Å²) in [7, 11) is 1.58. The van der Waals surface area contributed by atoms with Gasteiger partial charge in [-0.3, -0.25) is 4.79 Å². The van der Waals surface area contributed by atoms with Crippen LogP contribution in [0.25, 0.3) is 22.2 Å². The number of amides is 1. The van der Waals surface area contributed by atoms with E-state index in [0.29, 0.717) is 11.5 Å². The maximum absolute atomic E-state index is 11.4. The Morgan fingerprint density at radius 2 is 2.11 bits per heavy atom. The molecule has 0 radical (unpaired) electrons. The van der Waals surface area contributed by atoms with Crippen molar-refractivity contribution < 1.29 is 9.21 Å². The highest BCUT2D eigenvalue weighted by Crippen LogP contribution is 2.25. The van der Waals surface area contributed by atoms with Crippen LogP contribution in [0.4, 0.5) is 0 Å². The number of nitrogens with one attached hydrogen (secondary N) is 2. The fourth-order valence-corrected chi connectivity index (χ4v) is 1.94. The van der Waals surface area contributed by atoms with Crippen molar-refractivity contribution in [3.8, 4) is 11.3 Å². The number of aromatic amines is 1. The van der Waals surface area contributed by atoms with Crippen molar-refractivity contribution in [3.05, 3.63) is 48.4 Å². The summed E-state index contributed by atoms with van der Waals surface area (Å²) in [6, 6.07) is 11.5. The third-order valence-corrected chi connectivity index (χ3v) is 2.89. The molecule has 2 aromatic heterocycles. The van der Waals surface area contributed by atoms with E-state index >= 15 is 0 Å². The molecule has 0 aliphatic rings. The van der Waals surface area contributed by atoms with E-state index in [-0.39, 0.29) is 5.91 Å². The molecule has 1 amide bonds. The van der Waals surface area contributed by atoms with Crippen molar-refractivity contribution in [1.29, 1.82) is 0 Å². The van der Waals surface area contributed by atoms with E-state index in [1.165, 1.54) is 0 Å². The lowest BCUT2D eigenvalue weighted by Gasteiger charge is -1.98. The van der Waals surface area contributed by atoms with Crippen molar-refractivity contribution in [1.82, 2.24) is 10.3 Å². The van der Waals surface area contributed by atoms with Gasteiger partial charge in [-0.1, -0.05) is 0 Å². The maximum Gasteiger partial charge on any atom is 0.286 e. The van der Waals surface area contributed by atoms with E-state index in [1.54, 1.807) is 19.2 Å². The quantitative estimate of drug-likeness (QED) is 0.723. The summed E-state index contributed by atoms with van der Waals surface area (Å²) in [5, 5.41) is 3.65. The monoisotopic (exact) mass is 240 g/mol. The van der Waals surface area contributed by atoms with Gasteiger partial charge in [0.15, 0.2) is 5.76 Å². The highest BCUT2D eigenvalue weighted by atomic mass is 16.3.